The minimum absolute atomic E-state index is 0.656. The fourth-order valence-electron chi connectivity index (χ4n) is 2.60. The van der Waals surface area contributed by atoms with Gasteiger partial charge in [-0.2, -0.15) is 0 Å². The molecular weight excluding hydrogens is 182 g/mol. The zero-order valence-electron chi connectivity index (χ0n) is 10.7. The van der Waals surface area contributed by atoms with Gasteiger partial charge >= 0.3 is 0 Å². The molecule has 0 radical (unpaired) electrons. The monoisotopic (exact) mass is 211 g/mol. The second-order valence-corrected chi connectivity index (χ2v) is 5.46. The summed E-state index contributed by atoms with van der Waals surface area (Å²) in [6, 6.07) is 0.656. The maximum atomic E-state index is 3.48. The Balaban J connectivity index is 1.83. The van der Waals surface area contributed by atoms with Gasteiger partial charge in [0.15, 0.2) is 0 Å². The van der Waals surface area contributed by atoms with E-state index in [1.54, 1.807) is 0 Å². The summed E-state index contributed by atoms with van der Waals surface area (Å²) in [5, 5.41) is 3.48. The van der Waals surface area contributed by atoms with Gasteiger partial charge in [-0.3, -0.25) is 0 Å². The summed E-state index contributed by atoms with van der Waals surface area (Å²) in [6.07, 6.45) is 13.3. The zero-order valence-corrected chi connectivity index (χ0v) is 10.7. The van der Waals surface area contributed by atoms with Crippen molar-refractivity contribution in [2.45, 2.75) is 77.7 Å². The Morgan fingerprint density at radius 3 is 2.40 bits per heavy atom. The summed E-state index contributed by atoms with van der Waals surface area (Å²) in [5.74, 6) is 1.08. The molecule has 1 rings (SSSR count). The topological polar surface area (TPSA) is 12.0 Å². The summed E-state index contributed by atoms with van der Waals surface area (Å²) >= 11 is 0. The standard InChI is InChI=1S/C14H29N/c1-13(2)15-12-8-4-7-11-14-9-5-3-6-10-14/h13-15H,3-12H2,1-2H3. The van der Waals surface area contributed by atoms with E-state index in [0.29, 0.717) is 6.04 Å². The first-order chi connectivity index (χ1) is 7.29. The van der Waals surface area contributed by atoms with Gasteiger partial charge in [0.05, 0.1) is 0 Å². The molecule has 0 spiro atoms. The maximum absolute atomic E-state index is 3.48. The molecule has 0 bridgehead atoms. The Morgan fingerprint density at radius 1 is 1.00 bits per heavy atom. The Bertz CT molecular complexity index is 136. The molecular formula is C14H29N. The SMILES string of the molecule is CC(C)NCCCCCC1CCCCC1. The van der Waals surface area contributed by atoms with Crippen LogP contribution >= 0.6 is 0 Å². The number of nitrogens with one attached hydrogen (secondary N) is 1. The number of hydrogen-bond acceptors (Lipinski definition) is 1. The largest absolute Gasteiger partial charge is 0.315 e. The van der Waals surface area contributed by atoms with Gasteiger partial charge in [-0.15, -0.1) is 0 Å². The minimum atomic E-state index is 0.656. The molecule has 0 aliphatic heterocycles. The van der Waals surface area contributed by atoms with Crippen LogP contribution in [0.15, 0.2) is 0 Å². The van der Waals surface area contributed by atoms with Crippen LogP contribution < -0.4 is 5.32 Å². The Labute approximate surface area is 96.0 Å². The van der Waals surface area contributed by atoms with Gasteiger partial charge in [-0.1, -0.05) is 65.2 Å². The van der Waals surface area contributed by atoms with Crippen molar-refractivity contribution in [2.24, 2.45) is 5.92 Å². The molecule has 15 heavy (non-hydrogen) atoms. The molecule has 0 atom stereocenters. The molecule has 90 valence electrons. The van der Waals surface area contributed by atoms with Crippen LogP contribution in [-0.4, -0.2) is 12.6 Å². The molecule has 0 aromatic carbocycles. The molecule has 1 nitrogen and oxygen atoms in total. The first-order valence-corrected chi connectivity index (χ1v) is 7.02. The van der Waals surface area contributed by atoms with E-state index in [2.05, 4.69) is 19.2 Å². The van der Waals surface area contributed by atoms with E-state index in [4.69, 9.17) is 0 Å². The van der Waals surface area contributed by atoms with Crippen molar-refractivity contribution in [1.29, 1.82) is 0 Å². The molecule has 1 aliphatic carbocycles. The molecule has 1 saturated carbocycles. The highest BCUT2D eigenvalue weighted by atomic mass is 14.9. The van der Waals surface area contributed by atoms with E-state index in [0.717, 1.165) is 5.92 Å². The molecule has 0 unspecified atom stereocenters. The number of rotatable bonds is 7. The van der Waals surface area contributed by atoms with Crippen molar-refractivity contribution in [3.05, 3.63) is 0 Å². The highest BCUT2D eigenvalue weighted by molar-refractivity contribution is 4.65. The summed E-state index contributed by atoms with van der Waals surface area (Å²) < 4.78 is 0. The maximum Gasteiger partial charge on any atom is 0.00103 e. The fourth-order valence-corrected chi connectivity index (χ4v) is 2.60. The Hall–Kier alpha value is -0.0400. The van der Waals surface area contributed by atoms with Gasteiger partial charge in [0.25, 0.3) is 0 Å². The van der Waals surface area contributed by atoms with E-state index >= 15 is 0 Å². The fraction of sp³-hybridized carbons (Fsp3) is 1.00. The van der Waals surface area contributed by atoms with Crippen molar-refractivity contribution in [2.75, 3.05) is 6.54 Å². The molecule has 0 heterocycles. The van der Waals surface area contributed by atoms with E-state index in [1.165, 1.54) is 64.3 Å². The highest BCUT2D eigenvalue weighted by Crippen LogP contribution is 2.27. The van der Waals surface area contributed by atoms with Crippen molar-refractivity contribution >= 4 is 0 Å². The first-order valence-electron chi connectivity index (χ1n) is 7.02. The first kappa shape index (κ1) is 13.0. The minimum Gasteiger partial charge on any atom is -0.315 e. The molecule has 0 amide bonds. The summed E-state index contributed by atoms with van der Waals surface area (Å²) in [6.45, 7) is 5.66. The molecule has 1 aliphatic rings. The van der Waals surface area contributed by atoms with Crippen LogP contribution in [0.25, 0.3) is 0 Å². The lowest BCUT2D eigenvalue weighted by Crippen LogP contribution is -2.23. The summed E-state index contributed by atoms with van der Waals surface area (Å²) in [4.78, 5) is 0. The van der Waals surface area contributed by atoms with E-state index in [-0.39, 0.29) is 0 Å². The molecule has 0 aromatic rings. The normalized spacial score (nSPS) is 18.6. The van der Waals surface area contributed by atoms with Crippen LogP contribution in [0.2, 0.25) is 0 Å². The van der Waals surface area contributed by atoms with Crippen LogP contribution in [0.4, 0.5) is 0 Å². The van der Waals surface area contributed by atoms with Crippen molar-refractivity contribution in [3.8, 4) is 0 Å². The van der Waals surface area contributed by atoms with Crippen LogP contribution in [0.3, 0.4) is 0 Å². The van der Waals surface area contributed by atoms with E-state index in [9.17, 15) is 0 Å². The average molecular weight is 211 g/mol. The summed E-state index contributed by atoms with van der Waals surface area (Å²) in [5.41, 5.74) is 0. The van der Waals surface area contributed by atoms with Gasteiger partial charge in [0, 0.05) is 6.04 Å². The van der Waals surface area contributed by atoms with Crippen molar-refractivity contribution in [1.82, 2.24) is 5.32 Å². The smallest absolute Gasteiger partial charge is 0.00103 e. The van der Waals surface area contributed by atoms with Crippen molar-refractivity contribution < 1.29 is 0 Å². The van der Waals surface area contributed by atoms with Crippen LogP contribution in [-0.2, 0) is 0 Å². The highest BCUT2D eigenvalue weighted by Gasteiger charge is 2.12. The molecule has 1 heteroatoms. The third-order valence-electron chi connectivity index (χ3n) is 3.57. The predicted octanol–water partition coefficient (Wildman–Crippen LogP) is 4.13. The average Bonchev–Trinajstić information content (AvgIpc) is 2.24. The third kappa shape index (κ3) is 6.94. The second kappa shape index (κ2) is 8.15. The van der Waals surface area contributed by atoms with Crippen LogP contribution in [0.1, 0.15) is 71.6 Å². The van der Waals surface area contributed by atoms with Gasteiger partial charge in [-0.25, -0.2) is 0 Å². The molecule has 0 aromatic heterocycles. The van der Waals surface area contributed by atoms with Gasteiger partial charge < -0.3 is 5.32 Å². The summed E-state index contributed by atoms with van der Waals surface area (Å²) in [7, 11) is 0. The second-order valence-electron chi connectivity index (χ2n) is 5.46. The van der Waals surface area contributed by atoms with E-state index in [1.807, 2.05) is 0 Å². The van der Waals surface area contributed by atoms with Gasteiger partial charge in [0.2, 0.25) is 0 Å². The van der Waals surface area contributed by atoms with Crippen LogP contribution in [0.5, 0.6) is 0 Å². The third-order valence-corrected chi connectivity index (χ3v) is 3.57. The Morgan fingerprint density at radius 2 is 1.73 bits per heavy atom. The lowest BCUT2D eigenvalue weighted by atomic mass is 9.85. The Kier molecular flexibility index (Phi) is 7.08. The zero-order chi connectivity index (χ0) is 10.9. The molecule has 0 saturated heterocycles. The number of unbranched alkanes of at least 4 members (excludes halogenated alkanes) is 2. The lowest BCUT2D eigenvalue weighted by Gasteiger charge is -2.21. The lowest BCUT2D eigenvalue weighted by molar-refractivity contribution is 0.328. The quantitative estimate of drug-likeness (QED) is 0.624. The number of hydrogen-bond donors (Lipinski definition) is 1. The van der Waals surface area contributed by atoms with Crippen molar-refractivity contribution in [3.63, 3.8) is 0 Å². The molecule has 1 N–H and O–H groups in total. The van der Waals surface area contributed by atoms with Gasteiger partial charge in [-0.05, 0) is 18.9 Å². The molecule has 1 fully saturated rings. The van der Waals surface area contributed by atoms with E-state index < -0.39 is 0 Å². The van der Waals surface area contributed by atoms with Crippen LogP contribution in [0, 0.1) is 5.92 Å². The van der Waals surface area contributed by atoms with Gasteiger partial charge in [0.1, 0.15) is 0 Å². The predicted molar refractivity (Wildman–Crippen MR) is 68.2 cm³/mol.